The summed E-state index contributed by atoms with van der Waals surface area (Å²) in [7, 11) is 3.56. The molecular weight excluding hydrogens is 473 g/mol. The minimum Gasteiger partial charge on any atom is -0.492 e. The van der Waals surface area contributed by atoms with Crippen molar-refractivity contribution >= 4 is 29.3 Å². The Balaban J connectivity index is 1.42. The van der Waals surface area contributed by atoms with Gasteiger partial charge in [-0.2, -0.15) is 4.98 Å². The highest BCUT2D eigenvalue weighted by molar-refractivity contribution is 8.14. The lowest BCUT2D eigenvalue weighted by atomic mass is 10.0. The Hall–Kier alpha value is -2.66. The summed E-state index contributed by atoms with van der Waals surface area (Å²) in [6, 6.07) is 5.64. The first-order valence-corrected chi connectivity index (χ1v) is 12.7. The van der Waals surface area contributed by atoms with E-state index >= 15 is 0 Å². The molecule has 9 nitrogen and oxygen atoms in total. The number of thioether (sulfide) groups is 1. The minimum atomic E-state index is -0.645. The molecular formula is C24H34FN5O4S. The molecule has 0 bridgehead atoms. The van der Waals surface area contributed by atoms with Gasteiger partial charge in [0.15, 0.2) is 5.82 Å². The van der Waals surface area contributed by atoms with E-state index in [4.69, 9.17) is 9.26 Å². The van der Waals surface area contributed by atoms with Crippen LogP contribution in [0, 0.1) is 5.82 Å². The highest BCUT2D eigenvalue weighted by atomic mass is 32.2. The van der Waals surface area contributed by atoms with Crippen LogP contribution < -0.4 is 15.0 Å². The second kappa shape index (κ2) is 12.9. The summed E-state index contributed by atoms with van der Waals surface area (Å²) in [5, 5.41) is 5.52. The van der Waals surface area contributed by atoms with Crippen LogP contribution in [0.25, 0.3) is 0 Å². The zero-order valence-electron chi connectivity index (χ0n) is 20.7. The van der Waals surface area contributed by atoms with E-state index in [-0.39, 0.29) is 17.6 Å². The van der Waals surface area contributed by atoms with Gasteiger partial charge in [-0.15, -0.1) is 0 Å². The first-order chi connectivity index (χ1) is 16.8. The van der Waals surface area contributed by atoms with E-state index in [9.17, 15) is 14.0 Å². The van der Waals surface area contributed by atoms with E-state index < -0.39 is 11.1 Å². The smallest absolute Gasteiger partial charge is 0.324 e. The van der Waals surface area contributed by atoms with Crippen LogP contribution in [0.3, 0.4) is 0 Å². The molecule has 1 saturated heterocycles. The van der Waals surface area contributed by atoms with Gasteiger partial charge in [-0.05, 0) is 37.9 Å². The van der Waals surface area contributed by atoms with Gasteiger partial charge in [0.25, 0.3) is 5.24 Å². The lowest BCUT2D eigenvalue weighted by Gasteiger charge is -2.35. The Bertz CT molecular complexity index is 981. The van der Waals surface area contributed by atoms with Crippen LogP contribution >= 0.6 is 11.8 Å². The van der Waals surface area contributed by atoms with Crippen molar-refractivity contribution in [2.24, 2.45) is 0 Å². The van der Waals surface area contributed by atoms with E-state index in [1.807, 2.05) is 13.8 Å². The number of ether oxygens (including phenoxy) is 1. The highest BCUT2D eigenvalue weighted by Crippen LogP contribution is 2.24. The number of nitrogens with zero attached hydrogens (tertiary/aromatic N) is 4. The fourth-order valence-corrected chi connectivity index (χ4v) is 4.60. The maximum Gasteiger partial charge on any atom is 0.324 e. The molecule has 0 radical (unpaired) electrons. The average Bonchev–Trinajstić information content (AvgIpc) is 3.36. The van der Waals surface area contributed by atoms with Crippen molar-refractivity contribution in [3.05, 3.63) is 35.4 Å². The third-order valence-corrected chi connectivity index (χ3v) is 7.08. The average molecular weight is 508 g/mol. The minimum absolute atomic E-state index is 0.136. The van der Waals surface area contributed by atoms with Gasteiger partial charge in [0, 0.05) is 44.7 Å². The van der Waals surface area contributed by atoms with Crippen LogP contribution in [0.1, 0.15) is 44.0 Å². The molecule has 35 heavy (non-hydrogen) atoms. The number of halogens is 1. The van der Waals surface area contributed by atoms with E-state index in [2.05, 4.69) is 32.3 Å². The first kappa shape index (κ1) is 26.9. The first-order valence-electron chi connectivity index (χ1n) is 11.8. The predicted molar refractivity (Wildman–Crippen MR) is 134 cm³/mol. The number of aromatic nitrogens is 2. The number of benzene rings is 1. The largest absolute Gasteiger partial charge is 0.492 e. The number of anilines is 1. The van der Waals surface area contributed by atoms with Crippen LogP contribution in [0.5, 0.6) is 5.75 Å². The third kappa shape index (κ3) is 7.66. The Morgan fingerprint density at radius 2 is 2.14 bits per heavy atom. The van der Waals surface area contributed by atoms with Crippen molar-refractivity contribution in [2.75, 3.05) is 45.2 Å². The molecule has 1 atom stereocenters. The van der Waals surface area contributed by atoms with Crippen LogP contribution in [-0.4, -0.2) is 78.2 Å². The summed E-state index contributed by atoms with van der Waals surface area (Å²) in [5.41, 5.74) is 0.372. The lowest BCUT2D eigenvalue weighted by molar-refractivity contribution is -0.107. The molecule has 1 aliphatic heterocycles. The number of likely N-dealkylation sites (N-methyl/N-ethyl adjacent to an activating group) is 1. The fourth-order valence-electron chi connectivity index (χ4n) is 3.89. The van der Waals surface area contributed by atoms with Crippen molar-refractivity contribution in [1.29, 1.82) is 0 Å². The maximum atomic E-state index is 14.5. The number of aldehydes is 1. The summed E-state index contributed by atoms with van der Waals surface area (Å²) >= 11 is 0.848. The number of hydrogen-bond donors (Lipinski definition) is 1. The molecule has 1 fully saturated rings. The van der Waals surface area contributed by atoms with Crippen molar-refractivity contribution in [2.45, 2.75) is 50.3 Å². The highest BCUT2D eigenvalue weighted by Gasteiger charge is 2.26. The number of piperidine rings is 1. The van der Waals surface area contributed by atoms with E-state index in [0.29, 0.717) is 42.8 Å². The van der Waals surface area contributed by atoms with Gasteiger partial charge in [0.2, 0.25) is 0 Å². The molecule has 1 amide bonds. The van der Waals surface area contributed by atoms with Crippen LogP contribution in [0.2, 0.25) is 0 Å². The number of amides is 1. The van der Waals surface area contributed by atoms with Crippen molar-refractivity contribution in [3.8, 4) is 5.75 Å². The third-order valence-electron chi connectivity index (χ3n) is 6.08. The number of carbonyl (C=O) groups is 2. The molecule has 1 aromatic carbocycles. The molecule has 11 heteroatoms. The van der Waals surface area contributed by atoms with Crippen molar-refractivity contribution in [3.63, 3.8) is 0 Å². The molecule has 0 spiro atoms. The molecule has 1 aromatic heterocycles. The SMILES string of the molecule is CNC(=O)SC(C=O)Cc1ccc(OCCN(C)C2CCN(c3nc(C(C)C)no3)CC2)cc1F. The van der Waals surface area contributed by atoms with Crippen LogP contribution in [0.15, 0.2) is 22.7 Å². The van der Waals surface area contributed by atoms with E-state index in [1.165, 1.54) is 13.1 Å². The monoisotopic (exact) mass is 507 g/mol. The van der Waals surface area contributed by atoms with Crippen molar-refractivity contribution in [1.82, 2.24) is 20.4 Å². The molecule has 2 heterocycles. The molecule has 0 aliphatic carbocycles. The molecule has 1 N–H and O–H groups in total. The maximum absolute atomic E-state index is 14.5. The molecule has 3 rings (SSSR count). The van der Waals surface area contributed by atoms with E-state index in [0.717, 1.165) is 43.5 Å². The quantitative estimate of drug-likeness (QED) is 0.458. The Kier molecular flexibility index (Phi) is 9.91. The zero-order chi connectivity index (χ0) is 25.4. The van der Waals surface area contributed by atoms with Crippen LogP contribution in [0.4, 0.5) is 15.2 Å². The van der Waals surface area contributed by atoms with Gasteiger partial charge < -0.3 is 24.3 Å². The van der Waals surface area contributed by atoms with Gasteiger partial charge in [-0.1, -0.05) is 36.8 Å². The Morgan fingerprint density at radius 3 is 2.74 bits per heavy atom. The number of rotatable bonds is 11. The van der Waals surface area contributed by atoms with Crippen LogP contribution in [-0.2, 0) is 11.2 Å². The second-order valence-electron chi connectivity index (χ2n) is 8.92. The summed E-state index contributed by atoms with van der Waals surface area (Å²) in [6.07, 6.45) is 2.75. The summed E-state index contributed by atoms with van der Waals surface area (Å²) in [6.45, 7) is 6.92. The standard InChI is InChI=1S/C24H34FN5O4S/c1-16(2)22-27-23(34-28-22)30-9-7-18(8-10-30)29(4)11-12-33-19-6-5-17(21(25)14-19)13-20(15-31)35-24(32)26-3/h5-6,14-16,18,20H,7-13H2,1-4H3,(H,26,32). The summed E-state index contributed by atoms with van der Waals surface area (Å²) in [4.78, 5) is 31.6. The van der Waals surface area contributed by atoms with Gasteiger partial charge in [0.1, 0.15) is 24.5 Å². The van der Waals surface area contributed by atoms with Gasteiger partial charge in [-0.3, -0.25) is 9.69 Å². The predicted octanol–water partition coefficient (Wildman–Crippen LogP) is 3.49. The zero-order valence-corrected chi connectivity index (χ0v) is 21.5. The second-order valence-corrected chi connectivity index (χ2v) is 10.1. The fraction of sp³-hybridized carbons (Fsp3) is 0.583. The van der Waals surface area contributed by atoms with Gasteiger partial charge in [0.05, 0.1) is 5.25 Å². The molecule has 1 aliphatic rings. The lowest BCUT2D eigenvalue weighted by Crippen LogP contribution is -2.44. The van der Waals surface area contributed by atoms with Gasteiger partial charge in [-0.25, -0.2) is 4.39 Å². The number of nitrogens with one attached hydrogen (secondary N) is 1. The van der Waals surface area contributed by atoms with Gasteiger partial charge >= 0.3 is 6.01 Å². The Labute approximate surface area is 209 Å². The number of hydrogen-bond acceptors (Lipinski definition) is 9. The molecule has 0 saturated carbocycles. The summed E-state index contributed by atoms with van der Waals surface area (Å²) in [5.74, 6) is 0.956. The van der Waals surface area contributed by atoms with E-state index in [1.54, 1.807) is 12.1 Å². The molecule has 1 unspecified atom stereocenters. The summed E-state index contributed by atoms with van der Waals surface area (Å²) < 4.78 is 25.7. The Morgan fingerprint density at radius 1 is 1.40 bits per heavy atom. The normalized spacial score (nSPS) is 15.5. The molecule has 192 valence electrons. The topological polar surface area (TPSA) is 101 Å². The number of carbonyl (C=O) groups excluding carboxylic acids is 2. The molecule has 2 aromatic rings. The van der Waals surface area contributed by atoms with Crippen molar-refractivity contribution < 1.29 is 23.2 Å².